The molecule has 26 heavy (non-hydrogen) atoms. The fourth-order valence-corrected chi connectivity index (χ4v) is 2.78. The van der Waals surface area contributed by atoms with Crippen LogP contribution in [0, 0.1) is 20.8 Å². The van der Waals surface area contributed by atoms with Crippen LogP contribution in [-0.4, -0.2) is 28.8 Å². The van der Waals surface area contributed by atoms with E-state index in [0.717, 1.165) is 28.4 Å². The standard InChI is InChI=1S/C21H23N3O2/c1-15-5-4-6-20(13-15)26-12-11-22-21(25)18-7-9-19(10-8-18)24-17(3)14-16(2)23-24/h4-10,13-14H,11-12H2,1-3H3,(H,22,25). The third-order valence-corrected chi connectivity index (χ3v) is 4.03. The normalized spacial score (nSPS) is 10.6. The Bertz CT molecular complexity index is 898. The molecule has 1 amide bonds. The van der Waals surface area contributed by atoms with Crippen LogP contribution in [0.1, 0.15) is 27.3 Å². The number of ether oxygens (including phenoxy) is 1. The highest BCUT2D eigenvalue weighted by atomic mass is 16.5. The number of nitrogens with zero attached hydrogens (tertiary/aromatic N) is 2. The monoisotopic (exact) mass is 349 g/mol. The fraction of sp³-hybridized carbons (Fsp3) is 0.238. The minimum Gasteiger partial charge on any atom is -0.492 e. The highest BCUT2D eigenvalue weighted by molar-refractivity contribution is 5.94. The maximum Gasteiger partial charge on any atom is 0.251 e. The molecule has 0 fully saturated rings. The first kappa shape index (κ1) is 17.7. The summed E-state index contributed by atoms with van der Waals surface area (Å²) in [6.07, 6.45) is 0. The second-order valence-corrected chi connectivity index (χ2v) is 6.31. The van der Waals surface area contributed by atoms with Crippen molar-refractivity contribution in [1.29, 1.82) is 0 Å². The predicted molar refractivity (Wildman–Crippen MR) is 102 cm³/mol. The Morgan fingerprint density at radius 1 is 1.08 bits per heavy atom. The quantitative estimate of drug-likeness (QED) is 0.692. The molecular weight excluding hydrogens is 326 g/mol. The van der Waals surface area contributed by atoms with Gasteiger partial charge in [0, 0.05) is 11.3 Å². The molecule has 0 unspecified atom stereocenters. The Morgan fingerprint density at radius 3 is 2.50 bits per heavy atom. The summed E-state index contributed by atoms with van der Waals surface area (Å²) in [6.45, 7) is 6.87. The third kappa shape index (κ3) is 4.30. The van der Waals surface area contributed by atoms with Crippen LogP contribution in [-0.2, 0) is 0 Å². The molecular formula is C21H23N3O2. The molecule has 1 aromatic heterocycles. The van der Waals surface area contributed by atoms with E-state index >= 15 is 0 Å². The van der Waals surface area contributed by atoms with Gasteiger partial charge in [-0.1, -0.05) is 12.1 Å². The van der Waals surface area contributed by atoms with Crippen LogP contribution in [0.5, 0.6) is 5.75 Å². The number of aromatic nitrogens is 2. The molecule has 1 N–H and O–H groups in total. The Hall–Kier alpha value is -3.08. The SMILES string of the molecule is Cc1cccc(OCCNC(=O)c2ccc(-n3nc(C)cc3C)cc2)c1. The Labute approximate surface area is 153 Å². The summed E-state index contributed by atoms with van der Waals surface area (Å²) in [5.41, 5.74) is 4.74. The fourth-order valence-electron chi connectivity index (χ4n) is 2.78. The van der Waals surface area contributed by atoms with Gasteiger partial charge in [-0.25, -0.2) is 4.68 Å². The summed E-state index contributed by atoms with van der Waals surface area (Å²) >= 11 is 0. The zero-order chi connectivity index (χ0) is 18.5. The van der Waals surface area contributed by atoms with Crippen LogP contribution >= 0.6 is 0 Å². The van der Waals surface area contributed by atoms with Gasteiger partial charge in [0.25, 0.3) is 5.91 Å². The lowest BCUT2D eigenvalue weighted by Gasteiger charge is -2.09. The molecule has 0 saturated heterocycles. The van der Waals surface area contributed by atoms with Gasteiger partial charge in [0.05, 0.1) is 17.9 Å². The number of carbonyl (C=O) groups excluding carboxylic acids is 1. The van der Waals surface area contributed by atoms with Crippen LogP contribution in [0.15, 0.2) is 54.6 Å². The van der Waals surface area contributed by atoms with Crippen molar-refractivity contribution in [2.45, 2.75) is 20.8 Å². The minimum absolute atomic E-state index is 0.113. The van der Waals surface area contributed by atoms with E-state index in [9.17, 15) is 4.79 Å². The Morgan fingerprint density at radius 2 is 1.85 bits per heavy atom. The summed E-state index contributed by atoms with van der Waals surface area (Å²) in [5, 5.41) is 7.32. The largest absolute Gasteiger partial charge is 0.492 e. The maximum absolute atomic E-state index is 12.2. The Kier molecular flexibility index (Phi) is 5.37. The number of amides is 1. The third-order valence-electron chi connectivity index (χ3n) is 4.03. The van der Waals surface area contributed by atoms with E-state index in [-0.39, 0.29) is 5.91 Å². The van der Waals surface area contributed by atoms with Crippen molar-refractivity contribution >= 4 is 5.91 Å². The van der Waals surface area contributed by atoms with Gasteiger partial charge in [-0.05, 0) is 68.8 Å². The summed E-state index contributed by atoms with van der Waals surface area (Å²) in [4.78, 5) is 12.2. The summed E-state index contributed by atoms with van der Waals surface area (Å²) in [6, 6.07) is 17.3. The number of hydrogen-bond donors (Lipinski definition) is 1. The lowest BCUT2D eigenvalue weighted by atomic mass is 10.2. The molecule has 0 aliphatic heterocycles. The van der Waals surface area contributed by atoms with Crippen molar-refractivity contribution < 1.29 is 9.53 Å². The molecule has 1 heterocycles. The molecule has 0 bridgehead atoms. The van der Waals surface area contributed by atoms with E-state index in [0.29, 0.717) is 18.7 Å². The molecule has 5 heteroatoms. The first-order valence-electron chi connectivity index (χ1n) is 8.64. The van der Waals surface area contributed by atoms with E-state index in [1.807, 2.05) is 80.1 Å². The molecule has 0 spiro atoms. The van der Waals surface area contributed by atoms with Gasteiger partial charge in [0.15, 0.2) is 0 Å². The van der Waals surface area contributed by atoms with Crippen LogP contribution in [0.2, 0.25) is 0 Å². The molecule has 2 aromatic carbocycles. The van der Waals surface area contributed by atoms with Gasteiger partial charge in [0.2, 0.25) is 0 Å². The van der Waals surface area contributed by atoms with Gasteiger partial charge < -0.3 is 10.1 Å². The van der Waals surface area contributed by atoms with E-state index < -0.39 is 0 Å². The Balaban J connectivity index is 1.52. The summed E-state index contributed by atoms with van der Waals surface area (Å²) in [5.74, 6) is 0.700. The van der Waals surface area contributed by atoms with Gasteiger partial charge in [0.1, 0.15) is 12.4 Å². The average Bonchev–Trinajstić information content (AvgIpc) is 2.97. The molecule has 0 radical (unpaired) electrons. The van der Waals surface area contributed by atoms with Crippen LogP contribution in [0.3, 0.4) is 0 Å². The van der Waals surface area contributed by atoms with Gasteiger partial charge in [-0.15, -0.1) is 0 Å². The van der Waals surface area contributed by atoms with Crippen molar-refractivity contribution in [2.24, 2.45) is 0 Å². The van der Waals surface area contributed by atoms with Crippen molar-refractivity contribution in [3.8, 4) is 11.4 Å². The molecule has 0 atom stereocenters. The van der Waals surface area contributed by atoms with Crippen LogP contribution < -0.4 is 10.1 Å². The molecule has 3 aromatic rings. The van der Waals surface area contributed by atoms with E-state index in [1.54, 1.807) is 0 Å². The molecule has 5 nitrogen and oxygen atoms in total. The number of nitrogens with one attached hydrogen (secondary N) is 1. The maximum atomic E-state index is 12.2. The van der Waals surface area contributed by atoms with Crippen LogP contribution in [0.25, 0.3) is 5.69 Å². The van der Waals surface area contributed by atoms with E-state index in [1.165, 1.54) is 0 Å². The molecule has 0 aliphatic carbocycles. The lowest BCUT2D eigenvalue weighted by Crippen LogP contribution is -2.28. The summed E-state index contributed by atoms with van der Waals surface area (Å²) < 4.78 is 7.51. The highest BCUT2D eigenvalue weighted by Crippen LogP contribution is 2.13. The number of carbonyl (C=O) groups is 1. The van der Waals surface area contributed by atoms with Crippen molar-refractivity contribution in [1.82, 2.24) is 15.1 Å². The second kappa shape index (κ2) is 7.87. The number of rotatable bonds is 6. The molecule has 0 saturated carbocycles. The molecule has 3 rings (SSSR count). The first-order valence-corrected chi connectivity index (χ1v) is 8.64. The number of benzene rings is 2. The van der Waals surface area contributed by atoms with E-state index in [2.05, 4.69) is 10.4 Å². The smallest absolute Gasteiger partial charge is 0.251 e. The highest BCUT2D eigenvalue weighted by Gasteiger charge is 2.07. The van der Waals surface area contributed by atoms with Crippen molar-refractivity contribution in [3.05, 3.63) is 77.1 Å². The van der Waals surface area contributed by atoms with E-state index in [4.69, 9.17) is 4.74 Å². The first-order chi connectivity index (χ1) is 12.5. The molecule has 134 valence electrons. The zero-order valence-electron chi connectivity index (χ0n) is 15.3. The number of hydrogen-bond acceptors (Lipinski definition) is 3. The molecule has 0 aliphatic rings. The van der Waals surface area contributed by atoms with Crippen LogP contribution in [0.4, 0.5) is 0 Å². The van der Waals surface area contributed by atoms with Gasteiger partial charge in [-0.3, -0.25) is 4.79 Å². The predicted octanol–water partition coefficient (Wildman–Crippen LogP) is 3.61. The summed E-state index contributed by atoms with van der Waals surface area (Å²) in [7, 11) is 0. The van der Waals surface area contributed by atoms with Gasteiger partial charge in [-0.2, -0.15) is 5.10 Å². The van der Waals surface area contributed by atoms with Crippen molar-refractivity contribution in [3.63, 3.8) is 0 Å². The van der Waals surface area contributed by atoms with Crippen molar-refractivity contribution in [2.75, 3.05) is 13.2 Å². The van der Waals surface area contributed by atoms with Gasteiger partial charge >= 0.3 is 0 Å². The minimum atomic E-state index is -0.113. The zero-order valence-corrected chi connectivity index (χ0v) is 15.3. The number of aryl methyl sites for hydroxylation is 3. The average molecular weight is 349 g/mol. The lowest BCUT2D eigenvalue weighted by molar-refractivity contribution is 0.0947. The second-order valence-electron chi connectivity index (χ2n) is 6.31. The topological polar surface area (TPSA) is 56.1 Å².